The summed E-state index contributed by atoms with van der Waals surface area (Å²) >= 11 is 0.766. The van der Waals surface area contributed by atoms with Crippen molar-refractivity contribution >= 4 is 35.0 Å². The highest BCUT2D eigenvalue weighted by Gasteiger charge is 2.35. The number of hydrogen-bond acceptors (Lipinski definition) is 5. The molecule has 3 aromatic rings. The van der Waals surface area contributed by atoms with Crippen LogP contribution < -0.4 is 0 Å². The Morgan fingerprint density at radius 3 is 2.65 bits per heavy atom. The van der Waals surface area contributed by atoms with Crippen LogP contribution in [0.4, 0.5) is 9.18 Å². The summed E-state index contributed by atoms with van der Waals surface area (Å²) in [6.45, 7) is 1.63. The van der Waals surface area contributed by atoms with Gasteiger partial charge in [0.05, 0.1) is 17.0 Å². The van der Waals surface area contributed by atoms with Crippen molar-refractivity contribution in [2.24, 2.45) is 0 Å². The molecule has 1 saturated heterocycles. The number of hydrogen-bond donors (Lipinski definition) is 1. The predicted octanol–water partition coefficient (Wildman–Crippen LogP) is 5.33. The van der Waals surface area contributed by atoms with E-state index in [1.165, 1.54) is 30.3 Å². The van der Waals surface area contributed by atoms with Crippen molar-refractivity contribution in [1.82, 2.24) is 4.90 Å². The van der Waals surface area contributed by atoms with Gasteiger partial charge in [-0.3, -0.25) is 14.5 Å². The number of carboxylic acid groups (broad SMARTS) is 1. The zero-order valence-electron chi connectivity index (χ0n) is 16.3. The maximum atomic E-state index is 13.9. The van der Waals surface area contributed by atoms with E-state index < -0.39 is 22.9 Å². The molecule has 4 rings (SSSR count). The Balaban J connectivity index is 1.56. The number of rotatable bonds is 5. The highest BCUT2D eigenvalue weighted by atomic mass is 32.2. The highest BCUT2D eigenvalue weighted by molar-refractivity contribution is 8.18. The van der Waals surface area contributed by atoms with E-state index in [-0.39, 0.29) is 22.6 Å². The van der Waals surface area contributed by atoms with Crippen LogP contribution in [0.25, 0.3) is 17.4 Å². The topological polar surface area (TPSA) is 87.8 Å². The van der Waals surface area contributed by atoms with Gasteiger partial charge in [-0.2, -0.15) is 0 Å². The van der Waals surface area contributed by atoms with Crippen molar-refractivity contribution in [1.29, 1.82) is 0 Å². The minimum Gasteiger partial charge on any atom is -0.478 e. The van der Waals surface area contributed by atoms with E-state index in [1.807, 2.05) is 0 Å². The maximum absolute atomic E-state index is 13.9. The second-order valence-electron chi connectivity index (χ2n) is 6.90. The molecule has 0 spiro atoms. The lowest BCUT2D eigenvalue weighted by molar-refractivity contribution is -0.123. The smallest absolute Gasteiger partial charge is 0.335 e. The summed E-state index contributed by atoms with van der Waals surface area (Å²) in [6, 6.07) is 14.0. The molecule has 1 N–H and O–H groups in total. The van der Waals surface area contributed by atoms with E-state index in [4.69, 9.17) is 9.52 Å². The Morgan fingerprint density at radius 2 is 1.94 bits per heavy atom. The molecule has 1 fully saturated rings. The van der Waals surface area contributed by atoms with Crippen molar-refractivity contribution in [3.05, 3.63) is 87.8 Å². The number of halogens is 1. The van der Waals surface area contributed by atoms with Gasteiger partial charge in [0.2, 0.25) is 0 Å². The molecule has 8 heteroatoms. The Morgan fingerprint density at radius 1 is 1.16 bits per heavy atom. The molecule has 31 heavy (non-hydrogen) atoms. The van der Waals surface area contributed by atoms with Gasteiger partial charge in [-0.15, -0.1) is 0 Å². The first-order chi connectivity index (χ1) is 14.8. The Labute approximate surface area is 181 Å². The monoisotopic (exact) mass is 437 g/mol. The number of amides is 2. The van der Waals surface area contributed by atoms with Crippen molar-refractivity contribution in [3.8, 4) is 11.3 Å². The summed E-state index contributed by atoms with van der Waals surface area (Å²) in [6.07, 6.45) is 1.47. The third-order valence-corrected chi connectivity index (χ3v) is 5.71. The molecule has 2 amide bonds. The van der Waals surface area contributed by atoms with E-state index in [1.54, 1.807) is 37.3 Å². The Hall–Kier alpha value is -3.65. The first-order valence-electron chi connectivity index (χ1n) is 9.26. The van der Waals surface area contributed by atoms with E-state index in [0.29, 0.717) is 11.5 Å². The fraction of sp³-hybridized carbons (Fsp3) is 0.0870. The number of aryl methyl sites for hydroxylation is 1. The number of carbonyl (C=O) groups excluding carboxylic acids is 2. The fourth-order valence-corrected chi connectivity index (χ4v) is 4.03. The van der Waals surface area contributed by atoms with Crippen LogP contribution in [0, 0.1) is 12.7 Å². The quantitative estimate of drug-likeness (QED) is 0.543. The van der Waals surface area contributed by atoms with E-state index >= 15 is 0 Å². The molecular weight excluding hydrogens is 421 g/mol. The van der Waals surface area contributed by atoms with Crippen molar-refractivity contribution < 1.29 is 28.3 Å². The first kappa shape index (κ1) is 20.6. The summed E-state index contributed by atoms with van der Waals surface area (Å²) in [5.41, 5.74) is 1.88. The number of furan rings is 1. The van der Waals surface area contributed by atoms with Crippen LogP contribution in [0.3, 0.4) is 0 Å². The van der Waals surface area contributed by atoms with Gasteiger partial charge in [-0.05, 0) is 54.6 Å². The average Bonchev–Trinajstić information content (AvgIpc) is 3.29. The van der Waals surface area contributed by atoms with Gasteiger partial charge in [0.15, 0.2) is 0 Å². The number of nitrogens with zero attached hydrogens (tertiary/aromatic N) is 1. The van der Waals surface area contributed by atoms with Gasteiger partial charge in [-0.25, -0.2) is 9.18 Å². The largest absolute Gasteiger partial charge is 0.478 e. The molecule has 2 aromatic carbocycles. The lowest BCUT2D eigenvalue weighted by atomic mass is 10.0. The third kappa shape index (κ3) is 4.15. The zero-order valence-corrected chi connectivity index (χ0v) is 17.1. The molecular formula is C23H16FNO5S. The Kier molecular flexibility index (Phi) is 5.48. The van der Waals surface area contributed by atoms with Crippen molar-refractivity contribution in [2.75, 3.05) is 0 Å². The summed E-state index contributed by atoms with van der Waals surface area (Å²) in [7, 11) is 0. The molecule has 1 aliphatic rings. The number of imide groups is 1. The van der Waals surface area contributed by atoms with Crippen LogP contribution in [-0.4, -0.2) is 27.1 Å². The predicted molar refractivity (Wildman–Crippen MR) is 114 cm³/mol. The van der Waals surface area contributed by atoms with Crippen LogP contribution in [0.5, 0.6) is 0 Å². The number of carboxylic acids is 1. The lowest BCUT2D eigenvalue weighted by Gasteiger charge is -2.12. The van der Waals surface area contributed by atoms with E-state index in [2.05, 4.69) is 0 Å². The molecule has 1 aromatic heterocycles. The Bertz CT molecular complexity index is 1250. The number of thioether (sulfide) groups is 1. The number of carbonyl (C=O) groups is 3. The maximum Gasteiger partial charge on any atom is 0.335 e. The van der Waals surface area contributed by atoms with Crippen molar-refractivity contribution in [3.63, 3.8) is 0 Å². The minimum absolute atomic E-state index is 0.146. The summed E-state index contributed by atoms with van der Waals surface area (Å²) in [5.74, 6) is -1.14. The lowest BCUT2D eigenvalue weighted by Crippen LogP contribution is -2.27. The number of benzene rings is 2. The van der Waals surface area contributed by atoms with Gasteiger partial charge in [0.1, 0.15) is 17.3 Å². The summed E-state index contributed by atoms with van der Waals surface area (Å²) < 4.78 is 19.7. The van der Waals surface area contributed by atoms with Crippen LogP contribution >= 0.6 is 11.8 Å². The third-order valence-electron chi connectivity index (χ3n) is 4.80. The molecule has 0 bridgehead atoms. The van der Waals surface area contributed by atoms with Crippen LogP contribution in [0.2, 0.25) is 0 Å². The standard InChI is InChI=1S/C23H16FNO5S/c1-13-10-14(22(27)28)6-8-17(13)19-9-7-16(30-19)11-20-21(26)25(23(29)31-20)12-15-4-2-3-5-18(15)24/h2-11H,12H2,1H3,(H,27,28)/b20-11-. The highest BCUT2D eigenvalue weighted by Crippen LogP contribution is 2.35. The summed E-state index contributed by atoms with van der Waals surface area (Å²) in [4.78, 5) is 37.2. The zero-order chi connectivity index (χ0) is 22.1. The average molecular weight is 437 g/mol. The molecule has 0 radical (unpaired) electrons. The van der Waals surface area contributed by atoms with Crippen LogP contribution in [0.15, 0.2) is 63.9 Å². The summed E-state index contributed by atoms with van der Waals surface area (Å²) in [5, 5.41) is 8.61. The van der Waals surface area contributed by atoms with Crippen LogP contribution in [0.1, 0.15) is 27.2 Å². The van der Waals surface area contributed by atoms with E-state index in [9.17, 15) is 18.8 Å². The van der Waals surface area contributed by atoms with Gasteiger partial charge in [0.25, 0.3) is 11.1 Å². The van der Waals surface area contributed by atoms with Gasteiger partial charge < -0.3 is 9.52 Å². The molecule has 1 aliphatic heterocycles. The van der Waals surface area contributed by atoms with Gasteiger partial charge >= 0.3 is 5.97 Å². The second-order valence-corrected chi connectivity index (χ2v) is 7.89. The molecule has 0 unspecified atom stereocenters. The number of aromatic carboxylic acids is 1. The van der Waals surface area contributed by atoms with Crippen LogP contribution in [-0.2, 0) is 11.3 Å². The van der Waals surface area contributed by atoms with Crippen molar-refractivity contribution in [2.45, 2.75) is 13.5 Å². The molecule has 2 heterocycles. The molecule has 0 atom stereocenters. The van der Waals surface area contributed by atoms with E-state index in [0.717, 1.165) is 27.8 Å². The van der Waals surface area contributed by atoms with Gasteiger partial charge in [0, 0.05) is 17.2 Å². The fourth-order valence-electron chi connectivity index (χ4n) is 3.21. The minimum atomic E-state index is -1.01. The SMILES string of the molecule is Cc1cc(C(=O)O)ccc1-c1ccc(/C=C2\SC(=O)N(Cc3ccccc3F)C2=O)o1. The molecule has 6 nitrogen and oxygen atoms in total. The molecule has 0 saturated carbocycles. The molecule has 0 aliphatic carbocycles. The second kappa shape index (κ2) is 8.23. The molecule has 156 valence electrons. The normalized spacial score (nSPS) is 15.2. The first-order valence-corrected chi connectivity index (χ1v) is 10.1. The van der Waals surface area contributed by atoms with Gasteiger partial charge in [-0.1, -0.05) is 24.3 Å².